The van der Waals surface area contributed by atoms with Crippen LogP contribution < -0.4 is 0 Å². The third-order valence-corrected chi connectivity index (χ3v) is 3.12. The average Bonchev–Trinajstić information content (AvgIpc) is 2.37. The van der Waals surface area contributed by atoms with E-state index in [0.29, 0.717) is 0 Å². The van der Waals surface area contributed by atoms with Crippen LogP contribution in [-0.4, -0.2) is 0 Å². The molecule has 1 heteroatoms. The summed E-state index contributed by atoms with van der Waals surface area (Å²) in [7, 11) is 0. The van der Waals surface area contributed by atoms with Gasteiger partial charge in [0, 0.05) is 5.92 Å². The predicted molar refractivity (Wildman–Crippen MR) is 71.4 cm³/mol. The summed E-state index contributed by atoms with van der Waals surface area (Å²) in [5, 5.41) is 11.4. The molecule has 2 aromatic carbocycles. The smallest absolute Gasteiger partial charge is 0.0653 e. The fourth-order valence-corrected chi connectivity index (χ4v) is 2.21. The van der Waals surface area contributed by atoms with Crippen molar-refractivity contribution in [1.82, 2.24) is 0 Å². The van der Waals surface area contributed by atoms with Crippen LogP contribution in [0.25, 0.3) is 10.8 Å². The number of nitrogens with zero attached hydrogens (tertiary/aromatic N) is 1. The molecule has 1 radical (unpaired) electrons. The van der Waals surface area contributed by atoms with Crippen molar-refractivity contribution in [3.63, 3.8) is 0 Å². The zero-order chi connectivity index (χ0) is 12.3. The molecule has 2 aromatic rings. The number of rotatable bonds is 3. The summed E-state index contributed by atoms with van der Waals surface area (Å²) in [4.78, 5) is 0. The van der Waals surface area contributed by atoms with E-state index >= 15 is 0 Å². The molecule has 0 spiro atoms. The van der Waals surface area contributed by atoms with E-state index in [1.54, 1.807) is 0 Å². The Morgan fingerprint density at radius 2 is 1.88 bits per heavy atom. The number of nitriles is 1. The van der Waals surface area contributed by atoms with Crippen LogP contribution in [0.4, 0.5) is 0 Å². The number of hydrogen-bond donors (Lipinski definition) is 0. The van der Waals surface area contributed by atoms with Gasteiger partial charge in [0.15, 0.2) is 0 Å². The van der Waals surface area contributed by atoms with Crippen LogP contribution in [0.5, 0.6) is 0 Å². The van der Waals surface area contributed by atoms with Crippen LogP contribution in [0.1, 0.15) is 24.8 Å². The first-order valence-electron chi connectivity index (χ1n) is 5.92. The van der Waals surface area contributed by atoms with Gasteiger partial charge in [0.05, 0.1) is 6.07 Å². The first-order valence-corrected chi connectivity index (χ1v) is 5.92. The maximum atomic E-state index is 8.87. The molecule has 0 bridgehead atoms. The van der Waals surface area contributed by atoms with Crippen molar-refractivity contribution in [2.45, 2.75) is 19.3 Å². The van der Waals surface area contributed by atoms with Crippen LogP contribution in [0.3, 0.4) is 0 Å². The molecule has 0 aliphatic carbocycles. The van der Waals surface area contributed by atoms with E-state index in [1.807, 2.05) is 19.1 Å². The molecule has 0 amide bonds. The summed E-state index contributed by atoms with van der Waals surface area (Å²) >= 11 is 0. The van der Waals surface area contributed by atoms with E-state index in [2.05, 4.69) is 43.3 Å². The van der Waals surface area contributed by atoms with Gasteiger partial charge in [-0.15, -0.1) is 0 Å². The van der Waals surface area contributed by atoms with Crippen molar-refractivity contribution in [1.29, 1.82) is 5.26 Å². The fraction of sp³-hybridized carbons (Fsp3) is 0.250. The second-order valence-corrected chi connectivity index (χ2v) is 4.53. The normalized spacial score (nSPS) is 14.2. The molecule has 0 fully saturated rings. The minimum absolute atomic E-state index is 0.0523. The van der Waals surface area contributed by atoms with Crippen LogP contribution in [0, 0.1) is 24.2 Å². The second kappa shape index (κ2) is 5.01. The van der Waals surface area contributed by atoms with E-state index in [0.717, 1.165) is 6.42 Å². The summed E-state index contributed by atoms with van der Waals surface area (Å²) < 4.78 is 0. The van der Waals surface area contributed by atoms with E-state index in [1.165, 1.54) is 16.3 Å². The van der Waals surface area contributed by atoms with Gasteiger partial charge in [-0.1, -0.05) is 42.5 Å². The van der Waals surface area contributed by atoms with Gasteiger partial charge >= 0.3 is 0 Å². The largest absolute Gasteiger partial charge is 0.198 e. The first kappa shape index (κ1) is 11.7. The minimum Gasteiger partial charge on any atom is -0.198 e. The van der Waals surface area contributed by atoms with Crippen molar-refractivity contribution >= 4 is 10.8 Å². The Bertz CT molecular complexity index is 545. The maximum absolute atomic E-state index is 8.87. The highest BCUT2D eigenvalue weighted by Crippen LogP contribution is 2.29. The number of fused-ring (bicyclic) bond motifs is 1. The third-order valence-electron chi connectivity index (χ3n) is 3.12. The van der Waals surface area contributed by atoms with Gasteiger partial charge in [-0.05, 0) is 42.5 Å². The molecular weight excluding hydrogens is 206 g/mol. The summed E-state index contributed by atoms with van der Waals surface area (Å²) in [5.74, 6) is 0.229. The molecule has 0 aliphatic rings. The lowest BCUT2D eigenvalue weighted by atomic mass is 9.88. The van der Waals surface area contributed by atoms with Crippen molar-refractivity contribution in [2.24, 2.45) is 5.92 Å². The maximum Gasteiger partial charge on any atom is 0.0653 e. The van der Waals surface area contributed by atoms with Gasteiger partial charge in [0.25, 0.3) is 0 Å². The van der Waals surface area contributed by atoms with Crippen molar-refractivity contribution in [3.05, 3.63) is 55.0 Å². The Hall–Kier alpha value is -1.81. The lowest BCUT2D eigenvalue weighted by Crippen LogP contribution is -2.01. The molecule has 85 valence electrons. The standard InChI is InChI=1S/C16H16N/c1-12(11-17)10-13(2)15-9-5-7-14-6-3-4-8-16(14)15/h3-9,12-13H,2,10H2,1H3. The lowest BCUT2D eigenvalue weighted by Gasteiger charge is -2.15. The molecule has 0 saturated heterocycles. The number of benzene rings is 2. The monoisotopic (exact) mass is 222 g/mol. The minimum atomic E-state index is 0.0523. The summed E-state index contributed by atoms with van der Waals surface area (Å²) in [6, 6.07) is 16.9. The lowest BCUT2D eigenvalue weighted by molar-refractivity contribution is 0.612. The van der Waals surface area contributed by atoms with Gasteiger partial charge in [0.2, 0.25) is 0 Å². The molecule has 2 rings (SSSR count). The molecule has 0 heterocycles. The van der Waals surface area contributed by atoms with Gasteiger partial charge in [0.1, 0.15) is 0 Å². The first-order chi connectivity index (χ1) is 8.22. The highest BCUT2D eigenvalue weighted by Gasteiger charge is 2.12. The van der Waals surface area contributed by atoms with E-state index in [9.17, 15) is 0 Å². The van der Waals surface area contributed by atoms with Crippen LogP contribution in [-0.2, 0) is 0 Å². The van der Waals surface area contributed by atoms with Crippen LogP contribution >= 0.6 is 0 Å². The topological polar surface area (TPSA) is 23.8 Å². The average molecular weight is 222 g/mol. The third kappa shape index (κ3) is 2.47. The zero-order valence-electron chi connectivity index (χ0n) is 10.1. The van der Waals surface area contributed by atoms with Crippen molar-refractivity contribution in [2.75, 3.05) is 0 Å². The van der Waals surface area contributed by atoms with Crippen molar-refractivity contribution < 1.29 is 0 Å². The summed E-state index contributed by atoms with van der Waals surface area (Å²) in [6.07, 6.45) is 0.810. The highest BCUT2D eigenvalue weighted by molar-refractivity contribution is 5.86. The number of hydrogen-bond acceptors (Lipinski definition) is 1. The van der Waals surface area contributed by atoms with Gasteiger partial charge in [-0.2, -0.15) is 5.26 Å². The van der Waals surface area contributed by atoms with E-state index < -0.39 is 0 Å². The summed E-state index contributed by atoms with van der Waals surface area (Å²) in [5.41, 5.74) is 1.24. The Morgan fingerprint density at radius 3 is 2.65 bits per heavy atom. The molecule has 2 atom stereocenters. The van der Waals surface area contributed by atoms with Gasteiger partial charge in [-0.25, -0.2) is 0 Å². The van der Waals surface area contributed by atoms with E-state index in [4.69, 9.17) is 5.26 Å². The van der Waals surface area contributed by atoms with Crippen LogP contribution in [0.15, 0.2) is 42.5 Å². The molecule has 0 N–H and O–H groups in total. The Balaban J connectivity index is 2.38. The second-order valence-electron chi connectivity index (χ2n) is 4.53. The zero-order valence-corrected chi connectivity index (χ0v) is 10.1. The Morgan fingerprint density at radius 1 is 1.18 bits per heavy atom. The molecule has 2 unspecified atom stereocenters. The van der Waals surface area contributed by atoms with Gasteiger partial charge in [-0.3, -0.25) is 0 Å². The molecule has 17 heavy (non-hydrogen) atoms. The predicted octanol–water partition coefficient (Wildman–Crippen LogP) is 4.31. The molecule has 0 aromatic heterocycles. The SMILES string of the molecule is [CH2]C(CC(C)C#N)c1cccc2ccccc12. The molecular formula is C16H16N. The van der Waals surface area contributed by atoms with E-state index in [-0.39, 0.29) is 11.8 Å². The quantitative estimate of drug-likeness (QED) is 0.759. The van der Waals surface area contributed by atoms with Crippen LogP contribution in [0.2, 0.25) is 0 Å². The molecule has 0 saturated carbocycles. The Kier molecular flexibility index (Phi) is 3.44. The molecule has 0 aliphatic heterocycles. The highest BCUT2D eigenvalue weighted by atomic mass is 14.3. The molecule has 1 nitrogen and oxygen atoms in total. The van der Waals surface area contributed by atoms with Crippen molar-refractivity contribution in [3.8, 4) is 6.07 Å². The van der Waals surface area contributed by atoms with Gasteiger partial charge < -0.3 is 0 Å². The Labute approximate surface area is 103 Å². The fourth-order valence-electron chi connectivity index (χ4n) is 2.21. The summed E-state index contributed by atoms with van der Waals surface area (Å²) in [6.45, 7) is 6.14.